The van der Waals surface area contributed by atoms with Crippen molar-refractivity contribution < 1.29 is 14.7 Å². The molecule has 0 radical (unpaired) electrons. The van der Waals surface area contributed by atoms with E-state index in [9.17, 15) is 14.7 Å². The molecule has 1 aliphatic heterocycles. The van der Waals surface area contributed by atoms with Crippen molar-refractivity contribution >= 4 is 11.9 Å². The molecule has 0 aromatic heterocycles. The summed E-state index contributed by atoms with van der Waals surface area (Å²) in [6.45, 7) is 2.80. The number of benzene rings is 1. The van der Waals surface area contributed by atoms with Crippen LogP contribution in [0.4, 0.5) is 0 Å². The Kier molecular flexibility index (Phi) is 5.95. The lowest BCUT2D eigenvalue weighted by Crippen LogP contribution is -2.59. The average Bonchev–Trinajstić information content (AvgIpc) is 2.48. The van der Waals surface area contributed by atoms with Crippen molar-refractivity contribution in [1.29, 1.82) is 0 Å². The fourth-order valence-corrected chi connectivity index (χ4v) is 2.96. The number of unbranched alkanes of at least 4 members (excludes halogenated alkanes) is 1. The van der Waals surface area contributed by atoms with E-state index in [2.05, 4.69) is 5.32 Å². The third-order valence-corrected chi connectivity index (χ3v) is 4.05. The monoisotopic (exact) mass is 304 g/mol. The Bertz CT molecular complexity index is 504. The lowest BCUT2D eigenvalue weighted by atomic mass is 10.0. The summed E-state index contributed by atoms with van der Waals surface area (Å²) in [6.07, 6.45) is 3.13. The highest BCUT2D eigenvalue weighted by Crippen LogP contribution is 2.15. The first-order valence-electron chi connectivity index (χ1n) is 7.90. The Morgan fingerprint density at radius 1 is 1.41 bits per heavy atom. The maximum atomic E-state index is 11.9. The van der Waals surface area contributed by atoms with Crippen LogP contribution >= 0.6 is 0 Å². The zero-order chi connectivity index (χ0) is 15.9. The number of nitrogens with zero attached hydrogens (tertiary/aromatic N) is 1. The van der Waals surface area contributed by atoms with Gasteiger partial charge >= 0.3 is 5.97 Å². The van der Waals surface area contributed by atoms with Crippen LogP contribution in [0.3, 0.4) is 0 Å². The lowest BCUT2D eigenvalue weighted by Gasteiger charge is -2.36. The van der Waals surface area contributed by atoms with Gasteiger partial charge in [0.05, 0.1) is 6.54 Å². The number of carbonyl (C=O) groups excluding carboxylic acids is 1. The van der Waals surface area contributed by atoms with Gasteiger partial charge in [0, 0.05) is 12.6 Å². The molecule has 22 heavy (non-hydrogen) atoms. The molecule has 0 aliphatic carbocycles. The van der Waals surface area contributed by atoms with Gasteiger partial charge in [-0.1, -0.05) is 50.1 Å². The zero-order valence-corrected chi connectivity index (χ0v) is 13.0. The summed E-state index contributed by atoms with van der Waals surface area (Å²) in [5.74, 6) is -0.920. The highest BCUT2D eigenvalue weighted by Gasteiger charge is 2.32. The van der Waals surface area contributed by atoms with Gasteiger partial charge in [0.15, 0.2) is 0 Å². The molecule has 0 unspecified atom stereocenters. The molecule has 1 fully saturated rings. The minimum atomic E-state index is -0.832. The van der Waals surface area contributed by atoms with E-state index in [1.54, 1.807) is 0 Å². The predicted molar refractivity (Wildman–Crippen MR) is 84.6 cm³/mol. The van der Waals surface area contributed by atoms with Crippen LogP contribution in [0.5, 0.6) is 0 Å². The molecule has 1 saturated heterocycles. The highest BCUT2D eigenvalue weighted by molar-refractivity contribution is 5.81. The first-order valence-corrected chi connectivity index (χ1v) is 7.90. The van der Waals surface area contributed by atoms with Gasteiger partial charge in [0.25, 0.3) is 0 Å². The second-order valence-electron chi connectivity index (χ2n) is 5.88. The summed E-state index contributed by atoms with van der Waals surface area (Å²) in [6, 6.07) is 9.35. The fraction of sp³-hybridized carbons (Fsp3) is 0.529. The molecule has 1 aliphatic rings. The predicted octanol–water partition coefficient (Wildman–Crippen LogP) is 1.67. The molecular weight excluding hydrogens is 280 g/mol. The lowest BCUT2D eigenvalue weighted by molar-refractivity contribution is -0.145. The molecule has 0 bridgehead atoms. The van der Waals surface area contributed by atoms with Crippen LogP contribution in [-0.4, -0.2) is 47.1 Å². The number of piperazine rings is 1. The van der Waals surface area contributed by atoms with Crippen LogP contribution in [-0.2, 0) is 16.0 Å². The molecule has 1 amide bonds. The third kappa shape index (κ3) is 4.56. The summed E-state index contributed by atoms with van der Waals surface area (Å²) < 4.78 is 0. The van der Waals surface area contributed by atoms with Crippen molar-refractivity contribution in [2.75, 3.05) is 13.1 Å². The molecule has 1 aromatic rings. The molecule has 2 N–H and O–H groups in total. The maximum Gasteiger partial charge on any atom is 0.320 e. The van der Waals surface area contributed by atoms with Crippen molar-refractivity contribution in [3.05, 3.63) is 35.9 Å². The van der Waals surface area contributed by atoms with Gasteiger partial charge in [-0.2, -0.15) is 0 Å². The third-order valence-electron chi connectivity index (χ3n) is 4.05. The fourth-order valence-electron chi connectivity index (χ4n) is 2.96. The van der Waals surface area contributed by atoms with Crippen LogP contribution < -0.4 is 5.32 Å². The molecule has 120 valence electrons. The van der Waals surface area contributed by atoms with Crippen LogP contribution in [0, 0.1) is 0 Å². The number of aliphatic carboxylic acids is 1. The largest absolute Gasteiger partial charge is 0.480 e. The summed E-state index contributed by atoms with van der Waals surface area (Å²) in [5, 5.41) is 12.4. The van der Waals surface area contributed by atoms with E-state index in [-0.39, 0.29) is 18.5 Å². The molecule has 5 heteroatoms. The normalized spacial score (nSPS) is 20.4. The van der Waals surface area contributed by atoms with Gasteiger partial charge < -0.3 is 10.4 Å². The minimum Gasteiger partial charge on any atom is -0.480 e. The first-order chi connectivity index (χ1) is 10.6. The summed E-state index contributed by atoms with van der Waals surface area (Å²) in [4.78, 5) is 25.2. The molecule has 2 rings (SSSR count). The molecule has 5 nitrogen and oxygen atoms in total. The summed E-state index contributed by atoms with van der Waals surface area (Å²) in [7, 11) is 0. The van der Waals surface area contributed by atoms with Crippen molar-refractivity contribution in [3.8, 4) is 0 Å². The summed E-state index contributed by atoms with van der Waals surface area (Å²) >= 11 is 0. The Hall–Kier alpha value is -1.88. The van der Waals surface area contributed by atoms with Gasteiger partial charge in [-0.25, -0.2) is 0 Å². The Balaban J connectivity index is 2.02. The number of nitrogens with one attached hydrogen (secondary N) is 1. The smallest absolute Gasteiger partial charge is 0.320 e. The molecule has 1 aromatic carbocycles. The molecular formula is C17H24N2O3. The topological polar surface area (TPSA) is 69.6 Å². The van der Waals surface area contributed by atoms with Gasteiger partial charge in [0.2, 0.25) is 5.91 Å². The van der Waals surface area contributed by atoms with Crippen LogP contribution in [0.2, 0.25) is 0 Å². The van der Waals surface area contributed by atoms with Crippen molar-refractivity contribution in [2.24, 2.45) is 0 Å². The highest BCUT2D eigenvalue weighted by atomic mass is 16.4. The number of hydrogen-bond acceptors (Lipinski definition) is 3. The molecule has 2 atom stereocenters. The Morgan fingerprint density at radius 2 is 2.14 bits per heavy atom. The second kappa shape index (κ2) is 7.94. The minimum absolute atomic E-state index is 0.0351. The van der Waals surface area contributed by atoms with Gasteiger partial charge in [0.1, 0.15) is 6.04 Å². The average molecular weight is 304 g/mol. The number of rotatable bonds is 7. The number of carbonyl (C=O) groups is 2. The van der Waals surface area contributed by atoms with E-state index in [0.717, 1.165) is 24.8 Å². The molecule has 1 heterocycles. The Labute approximate surface area is 131 Å². The second-order valence-corrected chi connectivity index (χ2v) is 5.88. The van der Waals surface area contributed by atoms with Crippen molar-refractivity contribution in [2.45, 2.75) is 44.7 Å². The number of carboxylic acids is 1. The van der Waals surface area contributed by atoms with Gasteiger partial charge in [-0.05, 0) is 18.4 Å². The number of hydrogen-bond donors (Lipinski definition) is 2. The Morgan fingerprint density at radius 3 is 2.77 bits per heavy atom. The first kappa shape index (κ1) is 16.5. The van der Waals surface area contributed by atoms with E-state index in [1.807, 2.05) is 42.2 Å². The van der Waals surface area contributed by atoms with E-state index >= 15 is 0 Å². The SMILES string of the molecule is CCCC[C@@H](C(=O)O)N1CC(=O)N[C@H](Cc2ccccc2)C1. The van der Waals surface area contributed by atoms with E-state index < -0.39 is 12.0 Å². The van der Waals surface area contributed by atoms with E-state index in [4.69, 9.17) is 0 Å². The maximum absolute atomic E-state index is 11.9. The summed E-state index contributed by atoms with van der Waals surface area (Å²) in [5.41, 5.74) is 1.15. The molecule has 0 spiro atoms. The number of amides is 1. The standard InChI is InChI=1S/C17H24N2O3/c1-2-3-9-15(17(21)22)19-11-14(18-16(20)12-19)10-13-7-5-4-6-8-13/h4-8,14-15H,2-3,9-12H2,1H3,(H,18,20)(H,21,22)/t14-,15+/m1/s1. The van der Waals surface area contributed by atoms with Crippen molar-refractivity contribution in [1.82, 2.24) is 10.2 Å². The van der Waals surface area contributed by atoms with E-state index in [0.29, 0.717) is 13.0 Å². The molecule has 0 saturated carbocycles. The van der Waals surface area contributed by atoms with Crippen LogP contribution in [0.15, 0.2) is 30.3 Å². The van der Waals surface area contributed by atoms with Crippen molar-refractivity contribution in [3.63, 3.8) is 0 Å². The van der Waals surface area contributed by atoms with Gasteiger partial charge in [-0.15, -0.1) is 0 Å². The van der Waals surface area contributed by atoms with E-state index in [1.165, 1.54) is 0 Å². The van der Waals surface area contributed by atoms with Crippen LogP contribution in [0.1, 0.15) is 31.7 Å². The quantitative estimate of drug-likeness (QED) is 0.804. The van der Waals surface area contributed by atoms with Gasteiger partial charge in [-0.3, -0.25) is 14.5 Å². The van der Waals surface area contributed by atoms with Crippen LogP contribution in [0.25, 0.3) is 0 Å². The zero-order valence-electron chi connectivity index (χ0n) is 13.0. The number of carboxylic acid groups (broad SMARTS) is 1.